The number of aromatic nitrogens is 8. The third-order valence-electron chi connectivity index (χ3n) is 4.09. The SMILES string of the molecule is Cc1cn2c(n1)n1cc(C)nc1n1cc(C)nc1n1cc(C)nc21. The molecule has 0 spiro atoms. The fraction of sp³-hybridized carbons (Fsp3) is 0.250. The molecule has 5 aromatic rings. The summed E-state index contributed by atoms with van der Waals surface area (Å²) < 4.78 is 7.95. The van der Waals surface area contributed by atoms with Gasteiger partial charge in [0, 0.05) is 24.8 Å². The smallest absolute Gasteiger partial charge is 0.224 e. The molecule has 0 unspecified atom stereocenters. The number of fused-ring (bicyclic) bond motifs is 8. The van der Waals surface area contributed by atoms with E-state index < -0.39 is 0 Å². The molecule has 5 heterocycles. The van der Waals surface area contributed by atoms with Crippen molar-refractivity contribution in [3.8, 4) is 0 Å². The Balaban J connectivity index is 2.27. The molecule has 0 bridgehead atoms. The fourth-order valence-electron chi connectivity index (χ4n) is 3.21. The van der Waals surface area contributed by atoms with Crippen molar-refractivity contribution in [2.24, 2.45) is 0 Å². The molecule has 0 saturated carbocycles. The topological polar surface area (TPSA) is 69.2 Å². The molecular weight excluding hydrogens is 304 g/mol. The fourth-order valence-corrected chi connectivity index (χ4v) is 3.21. The molecule has 24 heavy (non-hydrogen) atoms. The summed E-state index contributed by atoms with van der Waals surface area (Å²) in [4.78, 5) is 18.8. The maximum Gasteiger partial charge on any atom is 0.224 e. The Morgan fingerprint density at radius 2 is 0.667 bits per heavy atom. The van der Waals surface area contributed by atoms with Gasteiger partial charge < -0.3 is 0 Å². The minimum atomic E-state index is 0.770. The van der Waals surface area contributed by atoms with Crippen LogP contribution in [0.2, 0.25) is 0 Å². The molecule has 0 aliphatic carbocycles. The molecule has 0 aliphatic heterocycles. The van der Waals surface area contributed by atoms with Crippen molar-refractivity contribution in [2.75, 3.05) is 0 Å². The van der Waals surface area contributed by atoms with E-state index in [1.54, 1.807) is 0 Å². The Morgan fingerprint density at radius 1 is 0.458 bits per heavy atom. The normalized spacial score (nSPS) is 12.2. The molecule has 0 fully saturated rings. The number of rotatable bonds is 0. The van der Waals surface area contributed by atoms with Crippen LogP contribution >= 0.6 is 0 Å². The zero-order chi connectivity index (χ0) is 16.6. The van der Waals surface area contributed by atoms with Crippen molar-refractivity contribution in [1.29, 1.82) is 0 Å². The molecule has 5 aromatic heterocycles. The van der Waals surface area contributed by atoms with Crippen LogP contribution in [0.4, 0.5) is 0 Å². The van der Waals surface area contributed by atoms with E-state index >= 15 is 0 Å². The van der Waals surface area contributed by atoms with Crippen molar-refractivity contribution < 1.29 is 0 Å². The third-order valence-corrected chi connectivity index (χ3v) is 4.09. The van der Waals surface area contributed by atoms with E-state index in [0.29, 0.717) is 0 Å². The van der Waals surface area contributed by atoms with Gasteiger partial charge in [-0.3, -0.25) is 17.6 Å². The Kier molecular flexibility index (Phi) is 2.34. The van der Waals surface area contributed by atoms with Gasteiger partial charge in [0.25, 0.3) is 0 Å². The van der Waals surface area contributed by atoms with Gasteiger partial charge in [-0.05, 0) is 27.7 Å². The number of imidazole rings is 4. The largest absolute Gasteiger partial charge is 0.254 e. The van der Waals surface area contributed by atoms with Gasteiger partial charge in [-0.1, -0.05) is 0 Å². The Morgan fingerprint density at radius 3 is 0.875 bits per heavy atom. The molecule has 0 aromatic carbocycles. The van der Waals surface area contributed by atoms with Gasteiger partial charge in [0.2, 0.25) is 23.1 Å². The molecule has 120 valence electrons. The molecule has 8 heteroatoms. The van der Waals surface area contributed by atoms with E-state index in [2.05, 4.69) is 0 Å². The maximum atomic E-state index is 4.69. The van der Waals surface area contributed by atoms with Gasteiger partial charge in [0.15, 0.2) is 0 Å². The van der Waals surface area contributed by atoms with Crippen LogP contribution in [-0.2, 0) is 0 Å². The summed E-state index contributed by atoms with van der Waals surface area (Å²) in [6.07, 6.45) is 7.94. The van der Waals surface area contributed by atoms with E-state index in [1.807, 2.05) is 70.1 Å². The van der Waals surface area contributed by atoms with Crippen LogP contribution in [0, 0.1) is 27.7 Å². The Labute approximate surface area is 136 Å². The molecule has 0 atom stereocenters. The lowest BCUT2D eigenvalue weighted by Gasteiger charge is -2.01. The molecule has 0 N–H and O–H groups in total. The predicted molar refractivity (Wildman–Crippen MR) is 89.2 cm³/mol. The Bertz CT molecular complexity index is 961. The van der Waals surface area contributed by atoms with Crippen molar-refractivity contribution in [1.82, 2.24) is 37.5 Å². The summed E-state index contributed by atoms with van der Waals surface area (Å²) in [6, 6.07) is 0. The van der Waals surface area contributed by atoms with Gasteiger partial charge in [-0.25, -0.2) is 19.9 Å². The molecule has 0 radical (unpaired) electrons. The lowest BCUT2D eigenvalue weighted by Crippen LogP contribution is -2.02. The summed E-state index contributed by atoms with van der Waals surface area (Å²) >= 11 is 0. The summed E-state index contributed by atoms with van der Waals surface area (Å²) in [5.74, 6) is 3.08. The van der Waals surface area contributed by atoms with Crippen LogP contribution < -0.4 is 0 Å². The second-order valence-electron chi connectivity index (χ2n) is 6.21. The average Bonchev–Trinajstić information content (AvgIpc) is 3.23. The first kappa shape index (κ1) is 13.3. The predicted octanol–water partition coefficient (Wildman–Crippen LogP) is 2.07. The standard InChI is InChI=1S/C16H16N8/c1-9-5-21-13(17-9)22-6-10(2)19-15(22)24-8-12(4)20-16(24)23-7-11(3)18-14(21)23/h5-8H,1-4H3. The van der Waals surface area contributed by atoms with E-state index in [1.165, 1.54) is 0 Å². The van der Waals surface area contributed by atoms with Crippen molar-refractivity contribution in [2.45, 2.75) is 27.7 Å². The van der Waals surface area contributed by atoms with Crippen LogP contribution in [0.5, 0.6) is 0 Å². The first-order valence-electron chi connectivity index (χ1n) is 7.77. The van der Waals surface area contributed by atoms with Crippen molar-refractivity contribution >= 4 is 23.1 Å². The second kappa shape index (κ2) is 4.22. The quantitative estimate of drug-likeness (QED) is 0.438. The Hall–Kier alpha value is -3.16. The number of hydrogen-bond donors (Lipinski definition) is 0. The maximum absolute atomic E-state index is 4.69. The molecule has 5 rings (SSSR count). The van der Waals surface area contributed by atoms with Crippen molar-refractivity contribution in [3.05, 3.63) is 47.6 Å². The lowest BCUT2D eigenvalue weighted by molar-refractivity contribution is 0.978. The summed E-state index contributed by atoms with van der Waals surface area (Å²) in [7, 11) is 0. The van der Waals surface area contributed by atoms with Crippen LogP contribution in [0.1, 0.15) is 22.8 Å². The van der Waals surface area contributed by atoms with E-state index in [9.17, 15) is 0 Å². The second-order valence-corrected chi connectivity index (χ2v) is 6.21. The van der Waals surface area contributed by atoms with Gasteiger partial charge in [-0.2, -0.15) is 0 Å². The zero-order valence-corrected chi connectivity index (χ0v) is 13.9. The average molecular weight is 320 g/mol. The number of nitrogens with zero attached hydrogens (tertiary/aromatic N) is 8. The highest BCUT2D eigenvalue weighted by Gasteiger charge is 2.14. The van der Waals surface area contributed by atoms with Gasteiger partial charge in [-0.15, -0.1) is 0 Å². The molecule has 0 amide bonds. The van der Waals surface area contributed by atoms with E-state index in [4.69, 9.17) is 19.9 Å². The van der Waals surface area contributed by atoms with E-state index in [-0.39, 0.29) is 0 Å². The summed E-state index contributed by atoms with van der Waals surface area (Å²) in [5, 5.41) is 0. The molecular formula is C16H16N8. The number of aryl methyl sites for hydroxylation is 4. The van der Waals surface area contributed by atoms with Gasteiger partial charge in [0.1, 0.15) is 0 Å². The molecule has 0 aliphatic rings. The highest BCUT2D eigenvalue weighted by atomic mass is 15.3. The van der Waals surface area contributed by atoms with Gasteiger partial charge in [0.05, 0.1) is 22.8 Å². The number of hydrogen-bond acceptors (Lipinski definition) is 4. The van der Waals surface area contributed by atoms with Crippen LogP contribution in [0.25, 0.3) is 23.1 Å². The minimum Gasteiger partial charge on any atom is -0.254 e. The highest BCUT2D eigenvalue weighted by Crippen LogP contribution is 2.16. The van der Waals surface area contributed by atoms with Crippen LogP contribution in [-0.4, -0.2) is 37.5 Å². The summed E-state index contributed by atoms with van der Waals surface area (Å²) in [6.45, 7) is 7.91. The zero-order valence-electron chi connectivity index (χ0n) is 13.9. The van der Waals surface area contributed by atoms with E-state index in [0.717, 1.165) is 45.9 Å². The minimum absolute atomic E-state index is 0.770. The van der Waals surface area contributed by atoms with Crippen LogP contribution in [0.15, 0.2) is 24.8 Å². The highest BCUT2D eigenvalue weighted by molar-refractivity contribution is 5.55. The summed E-state index contributed by atoms with van der Waals surface area (Å²) in [5.41, 5.74) is 3.69. The lowest BCUT2D eigenvalue weighted by atomic mass is 10.6. The monoisotopic (exact) mass is 320 g/mol. The molecule has 8 nitrogen and oxygen atoms in total. The first-order valence-corrected chi connectivity index (χ1v) is 7.77. The van der Waals surface area contributed by atoms with Gasteiger partial charge >= 0.3 is 0 Å². The van der Waals surface area contributed by atoms with Crippen LogP contribution in [0.3, 0.4) is 0 Å². The third kappa shape index (κ3) is 1.62. The molecule has 0 saturated heterocycles. The van der Waals surface area contributed by atoms with Crippen molar-refractivity contribution in [3.63, 3.8) is 0 Å². The first-order chi connectivity index (χ1) is 11.5.